The van der Waals surface area contributed by atoms with Crippen LogP contribution in [0.3, 0.4) is 0 Å². The lowest BCUT2D eigenvalue weighted by Crippen LogP contribution is -2.01. The zero-order valence-corrected chi connectivity index (χ0v) is 10.3. The minimum atomic E-state index is -0.486. The van der Waals surface area contributed by atoms with Crippen LogP contribution in [-0.2, 0) is 6.61 Å². The van der Waals surface area contributed by atoms with E-state index in [1.165, 1.54) is 24.3 Å². The first-order valence-electron chi connectivity index (χ1n) is 5.67. The molecule has 0 radical (unpaired) electrons. The highest BCUT2D eigenvalue weighted by molar-refractivity contribution is 5.38. The number of hydrogen-bond donors (Lipinski definition) is 0. The summed E-state index contributed by atoms with van der Waals surface area (Å²) >= 11 is 0. The minimum absolute atomic E-state index is 0.0545. The number of nitriles is 1. The second kappa shape index (κ2) is 5.49. The first-order valence-corrected chi connectivity index (χ1v) is 5.67. The molecule has 0 bridgehead atoms. The number of aryl methyl sites for hydroxylation is 1. The summed E-state index contributed by atoms with van der Waals surface area (Å²) < 4.78 is 31.9. The topological polar surface area (TPSA) is 33.0 Å². The average molecular weight is 259 g/mol. The molecule has 0 aliphatic heterocycles. The fourth-order valence-corrected chi connectivity index (χ4v) is 1.67. The van der Waals surface area contributed by atoms with Crippen molar-refractivity contribution in [2.45, 2.75) is 13.5 Å². The fourth-order valence-electron chi connectivity index (χ4n) is 1.67. The Kier molecular flexibility index (Phi) is 3.76. The van der Waals surface area contributed by atoms with E-state index in [4.69, 9.17) is 10.00 Å². The standard InChI is InChI=1S/C15H11F2NO/c1-10-2-5-14(17)15(6-10)19-9-12-7-13(16)4-3-11(12)8-18/h2-7H,9H2,1H3. The summed E-state index contributed by atoms with van der Waals surface area (Å²) in [5.74, 6) is -0.851. The van der Waals surface area contributed by atoms with Gasteiger partial charge in [0, 0.05) is 5.56 Å². The maximum absolute atomic E-state index is 13.5. The van der Waals surface area contributed by atoms with Crippen LogP contribution >= 0.6 is 0 Å². The molecule has 4 heteroatoms. The van der Waals surface area contributed by atoms with Gasteiger partial charge >= 0.3 is 0 Å². The van der Waals surface area contributed by atoms with Crippen LogP contribution < -0.4 is 4.74 Å². The largest absolute Gasteiger partial charge is 0.486 e. The van der Waals surface area contributed by atoms with Crippen LogP contribution in [0.4, 0.5) is 8.78 Å². The van der Waals surface area contributed by atoms with Crippen molar-refractivity contribution in [3.8, 4) is 11.8 Å². The highest BCUT2D eigenvalue weighted by atomic mass is 19.1. The predicted octanol–water partition coefficient (Wildman–Crippen LogP) is 3.72. The summed E-state index contributed by atoms with van der Waals surface area (Å²) in [5, 5.41) is 8.90. The van der Waals surface area contributed by atoms with Gasteiger partial charge in [0.15, 0.2) is 11.6 Å². The van der Waals surface area contributed by atoms with E-state index in [2.05, 4.69) is 0 Å². The molecular formula is C15H11F2NO. The molecule has 0 amide bonds. The van der Waals surface area contributed by atoms with Gasteiger partial charge in [0.1, 0.15) is 12.4 Å². The molecule has 2 aromatic rings. The van der Waals surface area contributed by atoms with E-state index in [1.54, 1.807) is 12.1 Å². The molecule has 0 atom stereocenters. The van der Waals surface area contributed by atoms with Crippen LogP contribution in [0, 0.1) is 29.9 Å². The summed E-state index contributed by atoms with van der Waals surface area (Å²) in [5.41, 5.74) is 1.56. The van der Waals surface area contributed by atoms with Crippen molar-refractivity contribution < 1.29 is 13.5 Å². The molecule has 0 N–H and O–H groups in total. The maximum Gasteiger partial charge on any atom is 0.165 e. The lowest BCUT2D eigenvalue weighted by molar-refractivity contribution is 0.289. The van der Waals surface area contributed by atoms with Crippen LogP contribution in [0.15, 0.2) is 36.4 Å². The Morgan fingerprint density at radius 2 is 1.95 bits per heavy atom. The predicted molar refractivity (Wildman–Crippen MR) is 66.6 cm³/mol. The van der Waals surface area contributed by atoms with Gasteiger partial charge in [-0.15, -0.1) is 0 Å². The number of rotatable bonds is 3. The van der Waals surface area contributed by atoms with Gasteiger partial charge in [-0.1, -0.05) is 6.07 Å². The van der Waals surface area contributed by atoms with Crippen molar-refractivity contribution in [3.05, 3.63) is 64.7 Å². The smallest absolute Gasteiger partial charge is 0.165 e. The van der Waals surface area contributed by atoms with Crippen molar-refractivity contribution in [2.24, 2.45) is 0 Å². The quantitative estimate of drug-likeness (QED) is 0.841. The summed E-state index contributed by atoms with van der Waals surface area (Å²) in [7, 11) is 0. The molecule has 2 aromatic carbocycles. The monoisotopic (exact) mass is 259 g/mol. The van der Waals surface area contributed by atoms with Gasteiger partial charge in [0.25, 0.3) is 0 Å². The number of benzene rings is 2. The summed E-state index contributed by atoms with van der Waals surface area (Å²) in [6.07, 6.45) is 0. The molecule has 0 spiro atoms. The van der Waals surface area contributed by atoms with Gasteiger partial charge in [-0.25, -0.2) is 8.78 Å². The van der Waals surface area contributed by atoms with Crippen molar-refractivity contribution in [3.63, 3.8) is 0 Å². The Labute approximate surface area is 109 Å². The average Bonchev–Trinajstić information content (AvgIpc) is 2.40. The van der Waals surface area contributed by atoms with E-state index >= 15 is 0 Å². The van der Waals surface area contributed by atoms with Crippen LogP contribution in [0.5, 0.6) is 5.75 Å². The van der Waals surface area contributed by atoms with Gasteiger partial charge in [0.2, 0.25) is 0 Å². The molecular weight excluding hydrogens is 248 g/mol. The zero-order chi connectivity index (χ0) is 13.8. The van der Waals surface area contributed by atoms with Gasteiger partial charge < -0.3 is 4.74 Å². The van der Waals surface area contributed by atoms with E-state index in [-0.39, 0.29) is 12.4 Å². The number of hydrogen-bond acceptors (Lipinski definition) is 2. The molecule has 0 aliphatic rings. The van der Waals surface area contributed by atoms with E-state index in [9.17, 15) is 8.78 Å². The van der Waals surface area contributed by atoms with Crippen molar-refractivity contribution in [2.75, 3.05) is 0 Å². The normalized spacial score (nSPS) is 10.0. The Hall–Kier alpha value is -2.41. The molecule has 0 fully saturated rings. The second-order valence-electron chi connectivity index (χ2n) is 4.14. The molecule has 0 aromatic heterocycles. The number of nitrogens with zero attached hydrogens (tertiary/aromatic N) is 1. The Morgan fingerprint density at radius 3 is 2.68 bits per heavy atom. The molecule has 0 aliphatic carbocycles. The first kappa shape index (κ1) is 13.0. The third-order valence-corrected chi connectivity index (χ3v) is 2.66. The van der Waals surface area contributed by atoms with Gasteiger partial charge in [0.05, 0.1) is 11.6 Å². The summed E-state index contributed by atoms with van der Waals surface area (Å²) in [4.78, 5) is 0. The number of ether oxygens (including phenoxy) is 1. The van der Waals surface area contributed by atoms with Crippen molar-refractivity contribution >= 4 is 0 Å². The Balaban J connectivity index is 2.21. The SMILES string of the molecule is Cc1ccc(F)c(OCc2cc(F)ccc2C#N)c1. The van der Waals surface area contributed by atoms with Gasteiger partial charge in [-0.2, -0.15) is 5.26 Å². The van der Waals surface area contributed by atoms with Crippen LogP contribution in [-0.4, -0.2) is 0 Å². The van der Waals surface area contributed by atoms with E-state index in [1.807, 2.05) is 13.0 Å². The fraction of sp³-hybridized carbons (Fsp3) is 0.133. The molecule has 2 rings (SSSR count). The van der Waals surface area contributed by atoms with E-state index in [0.717, 1.165) is 5.56 Å². The molecule has 96 valence electrons. The van der Waals surface area contributed by atoms with Crippen LogP contribution in [0.1, 0.15) is 16.7 Å². The molecule has 2 nitrogen and oxygen atoms in total. The molecule has 0 saturated carbocycles. The molecule has 19 heavy (non-hydrogen) atoms. The van der Waals surface area contributed by atoms with E-state index in [0.29, 0.717) is 11.1 Å². The molecule has 0 saturated heterocycles. The Morgan fingerprint density at radius 1 is 1.16 bits per heavy atom. The lowest BCUT2D eigenvalue weighted by atomic mass is 10.1. The zero-order valence-electron chi connectivity index (χ0n) is 10.3. The van der Waals surface area contributed by atoms with E-state index < -0.39 is 11.6 Å². The van der Waals surface area contributed by atoms with Crippen molar-refractivity contribution in [1.82, 2.24) is 0 Å². The third kappa shape index (κ3) is 3.08. The summed E-state index contributed by atoms with van der Waals surface area (Å²) in [6, 6.07) is 10.2. The summed E-state index contributed by atoms with van der Waals surface area (Å²) in [6.45, 7) is 1.76. The molecule has 0 unspecified atom stereocenters. The highest BCUT2D eigenvalue weighted by Gasteiger charge is 2.07. The first-order chi connectivity index (χ1) is 9.10. The second-order valence-corrected chi connectivity index (χ2v) is 4.14. The van der Waals surface area contributed by atoms with Crippen LogP contribution in [0.25, 0.3) is 0 Å². The van der Waals surface area contributed by atoms with Crippen LogP contribution in [0.2, 0.25) is 0 Å². The third-order valence-electron chi connectivity index (χ3n) is 2.66. The van der Waals surface area contributed by atoms with Gasteiger partial charge in [-0.05, 0) is 42.8 Å². The van der Waals surface area contributed by atoms with Gasteiger partial charge in [-0.3, -0.25) is 0 Å². The number of halogens is 2. The highest BCUT2D eigenvalue weighted by Crippen LogP contribution is 2.20. The minimum Gasteiger partial charge on any atom is -0.486 e. The van der Waals surface area contributed by atoms with Crippen molar-refractivity contribution in [1.29, 1.82) is 5.26 Å². The maximum atomic E-state index is 13.5. The lowest BCUT2D eigenvalue weighted by Gasteiger charge is -2.09. The molecule has 0 heterocycles. The Bertz CT molecular complexity index is 647.